The lowest BCUT2D eigenvalue weighted by Gasteiger charge is -2.14. The Morgan fingerprint density at radius 1 is 1.00 bits per heavy atom. The van der Waals surface area contributed by atoms with Gasteiger partial charge in [-0.1, -0.05) is 48.6 Å². The van der Waals surface area contributed by atoms with Gasteiger partial charge in [0, 0.05) is 15.4 Å². The number of carbonyl (C=O) groups is 1. The Morgan fingerprint density at radius 2 is 1.76 bits per heavy atom. The second-order valence-electron chi connectivity index (χ2n) is 5.11. The standard InChI is InChI=1S/C18H18OS2/c19-17-15(9-4-8-14-6-2-1-3-7-14)10-11-16(17)18-20-12-5-13-21-18/h1-4,6-9H,5,10-13H2. The van der Waals surface area contributed by atoms with E-state index in [9.17, 15) is 4.79 Å². The average Bonchev–Trinajstić information content (AvgIpc) is 2.90. The fourth-order valence-corrected chi connectivity index (χ4v) is 5.18. The molecule has 1 heterocycles. The summed E-state index contributed by atoms with van der Waals surface area (Å²) in [6, 6.07) is 10.2. The average molecular weight is 314 g/mol. The van der Waals surface area contributed by atoms with Crippen molar-refractivity contribution in [3.63, 3.8) is 0 Å². The Bertz CT molecular complexity index is 603. The molecule has 0 atom stereocenters. The molecule has 0 spiro atoms. The van der Waals surface area contributed by atoms with Crippen LogP contribution in [0, 0.1) is 0 Å². The van der Waals surface area contributed by atoms with Gasteiger partial charge in [-0.3, -0.25) is 4.79 Å². The van der Waals surface area contributed by atoms with Crippen molar-refractivity contribution in [1.29, 1.82) is 0 Å². The maximum Gasteiger partial charge on any atom is 0.186 e. The highest BCUT2D eigenvalue weighted by molar-refractivity contribution is 8.22. The van der Waals surface area contributed by atoms with Crippen LogP contribution in [0.4, 0.5) is 0 Å². The highest BCUT2D eigenvalue weighted by atomic mass is 32.2. The monoisotopic (exact) mass is 314 g/mol. The molecule has 1 aromatic carbocycles. The summed E-state index contributed by atoms with van der Waals surface area (Å²) in [7, 11) is 0. The summed E-state index contributed by atoms with van der Waals surface area (Å²) in [5.41, 5.74) is 3.18. The number of carbonyl (C=O) groups excluding carboxylic acids is 1. The van der Waals surface area contributed by atoms with Crippen molar-refractivity contribution in [1.82, 2.24) is 0 Å². The van der Waals surface area contributed by atoms with E-state index in [0.29, 0.717) is 0 Å². The van der Waals surface area contributed by atoms with Gasteiger partial charge in [0.05, 0.1) is 0 Å². The minimum Gasteiger partial charge on any atom is -0.289 e. The third kappa shape index (κ3) is 3.72. The molecule has 1 aliphatic carbocycles. The molecule has 0 aromatic heterocycles. The number of rotatable bonds is 2. The molecule has 0 bridgehead atoms. The first-order valence-electron chi connectivity index (χ1n) is 7.30. The van der Waals surface area contributed by atoms with E-state index < -0.39 is 0 Å². The molecule has 1 saturated carbocycles. The van der Waals surface area contributed by atoms with Crippen LogP contribution in [0.2, 0.25) is 0 Å². The summed E-state index contributed by atoms with van der Waals surface area (Å²) in [5.74, 6) is 2.59. The van der Waals surface area contributed by atoms with Crippen molar-refractivity contribution in [3.05, 3.63) is 63.4 Å². The van der Waals surface area contributed by atoms with Gasteiger partial charge in [0.25, 0.3) is 0 Å². The first kappa shape index (κ1) is 14.7. The van der Waals surface area contributed by atoms with Crippen molar-refractivity contribution in [2.75, 3.05) is 11.5 Å². The first-order chi connectivity index (χ1) is 10.3. The van der Waals surface area contributed by atoms with Crippen LogP contribution in [0.3, 0.4) is 0 Å². The molecule has 1 nitrogen and oxygen atoms in total. The van der Waals surface area contributed by atoms with E-state index in [1.807, 2.05) is 53.9 Å². The van der Waals surface area contributed by atoms with Crippen molar-refractivity contribution < 1.29 is 4.79 Å². The molecule has 0 amide bonds. The van der Waals surface area contributed by atoms with Gasteiger partial charge in [-0.2, -0.15) is 0 Å². The van der Waals surface area contributed by atoms with Crippen LogP contribution in [-0.2, 0) is 4.79 Å². The molecule has 3 heteroatoms. The first-order valence-corrected chi connectivity index (χ1v) is 9.27. The Hall–Kier alpha value is -1.19. The van der Waals surface area contributed by atoms with Gasteiger partial charge >= 0.3 is 0 Å². The SMILES string of the molecule is O=C1C(=CC=Cc2ccccc2)CCC1=C1SCCCS1. The smallest absolute Gasteiger partial charge is 0.186 e. The van der Waals surface area contributed by atoms with Crippen LogP contribution < -0.4 is 0 Å². The molecule has 3 rings (SSSR count). The van der Waals surface area contributed by atoms with Crippen molar-refractivity contribution in [2.24, 2.45) is 0 Å². The van der Waals surface area contributed by atoms with Gasteiger partial charge in [-0.05, 0) is 36.3 Å². The molecule has 0 N–H and O–H groups in total. The summed E-state index contributed by atoms with van der Waals surface area (Å²) >= 11 is 3.73. The van der Waals surface area contributed by atoms with Gasteiger partial charge < -0.3 is 0 Å². The maximum atomic E-state index is 12.5. The van der Waals surface area contributed by atoms with E-state index in [2.05, 4.69) is 18.2 Å². The van der Waals surface area contributed by atoms with Crippen molar-refractivity contribution in [2.45, 2.75) is 19.3 Å². The zero-order chi connectivity index (χ0) is 14.5. The molecule has 1 aliphatic heterocycles. The maximum absolute atomic E-state index is 12.5. The third-order valence-electron chi connectivity index (χ3n) is 3.60. The van der Waals surface area contributed by atoms with E-state index in [1.54, 1.807) is 0 Å². The summed E-state index contributed by atoms with van der Waals surface area (Å²) in [6.07, 6.45) is 9.09. The Balaban J connectivity index is 1.71. The molecular formula is C18H18OS2. The van der Waals surface area contributed by atoms with Crippen molar-refractivity contribution >= 4 is 35.4 Å². The molecule has 108 valence electrons. The molecule has 1 aromatic rings. The highest BCUT2D eigenvalue weighted by Crippen LogP contribution is 2.42. The largest absolute Gasteiger partial charge is 0.289 e. The number of thioether (sulfide) groups is 2. The fraction of sp³-hybridized carbons (Fsp3) is 0.278. The summed E-state index contributed by atoms with van der Waals surface area (Å²) in [6.45, 7) is 0. The quantitative estimate of drug-likeness (QED) is 0.709. The summed E-state index contributed by atoms with van der Waals surface area (Å²) in [4.78, 5) is 12.5. The lowest BCUT2D eigenvalue weighted by Crippen LogP contribution is -2.01. The van der Waals surface area contributed by atoms with Crippen LogP contribution >= 0.6 is 23.5 Å². The minimum atomic E-state index is 0.268. The van der Waals surface area contributed by atoms with E-state index >= 15 is 0 Å². The highest BCUT2D eigenvalue weighted by Gasteiger charge is 2.27. The van der Waals surface area contributed by atoms with Gasteiger partial charge in [0.2, 0.25) is 0 Å². The van der Waals surface area contributed by atoms with E-state index in [-0.39, 0.29) is 5.78 Å². The van der Waals surface area contributed by atoms with Gasteiger partial charge in [-0.25, -0.2) is 0 Å². The number of Topliss-reactive ketones (excluding diaryl/α,β-unsaturated/α-hetero) is 1. The molecular weight excluding hydrogens is 296 g/mol. The Labute approximate surface area is 134 Å². The summed E-state index contributed by atoms with van der Waals surface area (Å²) in [5, 5.41) is 0. The van der Waals surface area contributed by atoms with E-state index in [1.165, 1.54) is 10.7 Å². The lowest BCUT2D eigenvalue weighted by atomic mass is 10.1. The topological polar surface area (TPSA) is 17.1 Å². The van der Waals surface area contributed by atoms with Crippen LogP contribution in [-0.4, -0.2) is 17.3 Å². The number of hydrogen-bond acceptors (Lipinski definition) is 3. The van der Waals surface area contributed by atoms with Gasteiger partial charge in [-0.15, -0.1) is 23.5 Å². The number of ketones is 1. The molecule has 1 saturated heterocycles. The summed E-state index contributed by atoms with van der Waals surface area (Å²) < 4.78 is 1.28. The lowest BCUT2D eigenvalue weighted by molar-refractivity contribution is -0.111. The number of allylic oxidation sites excluding steroid dienone is 4. The van der Waals surface area contributed by atoms with Gasteiger partial charge in [0.1, 0.15) is 0 Å². The molecule has 21 heavy (non-hydrogen) atoms. The van der Waals surface area contributed by atoms with Crippen LogP contribution in [0.5, 0.6) is 0 Å². The molecule has 0 unspecified atom stereocenters. The van der Waals surface area contributed by atoms with Crippen molar-refractivity contribution in [3.8, 4) is 0 Å². The Kier molecular flexibility index (Phi) is 5.04. The van der Waals surface area contributed by atoms with Crippen LogP contribution in [0.1, 0.15) is 24.8 Å². The van der Waals surface area contributed by atoms with Crippen LogP contribution in [0.15, 0.2) is 57.9 Å². The van der Waals surface area contributed by atoms with E-state index in [0.717, 1.165) is 41.1 Å². The normalized spacial score (nSPS) is 21.7. The predicted molar refractivity (Wildman–Crippen MR) is 94.4 cm³/mol. The number of benzene rings is 1. The number of hydrogen-bond donors (Lipinski definition) is 0. The van der Waals surface area contributed by atoms with Crippen LogP contribution in [0.25, 0.3) is 6.08 Å². The zero-order valence-electron chi connectivity index (χ0n) is 11.9. The minimum absolute atomic E-state index is 0.268. The second-order valence-corrected chi connectivity index (χ2v) is 7.58. The fourth-order valence-electron chi connectivity index (χ4n) is 2.48. The van der Waals surface area contributed by atoms with Gasteiger partial charge in [0.15, 0.2) is 5.78 Å². The molecule has 2 fully saturated rings. The zero-order valence-corrected chi connectivity index (χ0v) is 13.5. The molecule has 2 aliphatic rings. The molecule has 0 radical (unpaired) electrons. The third-order valence-corrected chi connectivity index (χ3v) is 6.31. The van der Waals surface area contributed by atoms with E-state index in [4.69, 9.17) is 0 Å². The Morgan fingerprint density at radius 3 is 2.52 bits per heavy atom. The predicted octanol–water partition coefficient (Wildman–Crippen LogP) is 5.07. The second kappa shape index (κ2) is 7.19.